The van der Waals surface area contributed by atoms with Crippen molar-refractivity contribution in [2.75, 3.05) is 11.9 Å². The first-order valence-corrected chi connectivity index (χ1v) is 12.2. The first-order valence-electron chi connectivity index (χ1n) is 11.4. The second kappa shape index (κ2) is 10.7. The van der Waals surface area contributed by atoms with Crippen molar-refractivity contribution >= 4 is 39.1 Å². The summed E-state index contributed by atoms with van der Waals surface area (Å²) >= 11 is 1.13. The molecule has 0 saturated carbocycles. The SMILES string of the molecule is Cc1c(C(=O)OCCc2ccccc2)sc2ncn(CC(=O)Nc3ccc(C(C)C)cc3)c(=O)c12. The third-order valence-electron chi connectivity index (χ3n) is 5.74. The summed E-state index contributed by atoms with van der Waals surface area (Å²) in [6, 6.07) is 17.4. The van der Waals surface area contributed by atoms with Gasteiger partial charge in [0.1, 0.15) is 16.3 Å². The van der Waals surface area contributed by atoms with Crippen LogP contribution in [0, 0.1) is 6.92 Å². The van der Waals surface area contributed by atoms with Gasteiger partial charge in [0, 0.05) is 12.1 Å². The molecule has 0 spiro atoms. The number of ether oxygens (including phenoxy) is 1. The maximum absolute atomic E-state index is 13.1. The molecule has 2 aromatic carbocycles. The Kier molecular flexibility index (Phi) is 7.41. The standard InChI is InChI=1S/C27H27N3O4S/c1-17(2)20-9-11-21(12-10-20)29-22(31)15-30-16-28-25-23(26(30)32)18(3)24(35-25)27(33)34-14-13-19-7-5-4-6-8-19/h4-12,16-17H,13-15H2,1-3H3,(H,29,31). The van der Waals surface area contributed by atoms with Crippen molar-refractivity contribution in [2.24, 2.45) is 0 Å². The van der Waals surface area contributed by atoms with E-state index in [0.717, 1.165) is 16.9 Å². The molecular weight excluding hydrogens is 462 g/mol. The fourth-order valence-electron chi connectivity index (χ4n) is 3.74. The minimum atomic E-state index is -0.477. The quantitative estimate of drug-likeness (QED) is 0.355. The van der Waals surface area contributed by atoms with Crippen molar-refractivity contribution in [2.45, 2.75) is 39.7 Å². The second-order valence-electron chi connectivity index (χ2n) is 8.61. The van der Waals surface area contributed by atoms with Gasteiger partial charge in [-0.2, -0.15) is 0 Å². The van der Waals surface area contributed by atoms with Crippen molar-refractivity contribution in [1.82, 2.24) is 9.55 Å². The number of fused-ring (bicyclic) bond motifs is 1. The van der Waals surface area contributed by atoms with Gasteiger partial charge in [-0.15, -0.1) is 11.3 Å². The van der Waals surface area contributed by atoms with Gasteiger partial charge in [-0.05, 0) is 41.7 Å². The summed E-state index contributed by atoms with van der Waals surface area (Å²) < 4.78 is 6.69. The minimum Gasteiger partial charge on any atom is -0.461 e. The lowest BCUT2D eigenvalue weighted by molar-refractivity contribution is -0.116. The van der Waals surface area contributed by atoms with Crippen molar-refractivity contribution < 1.29 is 14.3 Å². The Morgan fingerprint density at radius 1 is 1.09 bits per heavy atom. The van der Waals surface area contributed by atoms with Crippen molar-refractivity contribution in [1.29, 1.82) is 0 Å². The average molecular weight is 490 g/mol. The Balaban J connectivity index is 1.45. The number of rotatable bonds is 8. The highest BCUT2D eigenvalue weighted by molar-refractivity contribution is 7.20. The number of aromatic nitrogens is 2. The average Bonchev–Trinajstić information content (AvgIpc) is 3.19. The lowest BCUT2D eigenvalue weighted by Crippen LogP contribution is -2.27. The lowest BCUT2D eigenvalue weighted by atomic mass is 10.0. The van der Waals surface area contributed by atoms with Crippen LogP contribution in [0.5, 0.6) is 0 Å². The molecule has 2 aromatic heterocycles. The molecule has 0 radical (unpaired) electrons. The number of esters is 1. The Morgan fingerprint density at radius 3 is 2.49 bits per heavy atom. The number of nitrogens with zero attached hydrogens (tertiary/aromatic N) is 2. The van der Waals surface area contributed by atoms with Gasteiger partial charge in [0.05, 0.1) is 18.3 Å². The van der Waals surface area contributed by atoms with Gasteiger partial charge in [0.25, 0.3) is 5.56 Å². The fraction of sp³-hybridized carbons (Fsp3) is 0.259. The van der Waals surface area contributed by atoms with Gasteiger partial charge in [0.2, 0.25) is 5.91 Å². The van der Waals surface area contributed by atoms with Crippen LogP contribution in [0.1, 0.15) is 46.1 Å². The Hall–Kier alpha value is -3.78. The minimum absolute atomic E-state index is 0.181. The summed E-state index contributed by atoms with van der Waals surface area (Å²) in [6.45, 7) is 5.97. The first-order chi connectivity index (χ1) is 16.8. The van der Waals surface area contributed by atoms with E-state index in [9.17, 15) is 14.4 Å². The fourth-order valence-corrected chi connectivity index (χ4v) is 4.78. The summed E-state index contributed by atoms with van der Waals surface area (Å²) in [6.07, 6.45) is 1.95. The Bertz CT molecular complexity index is 1410. The molecule has 7 nitrogen and oxygen atoms in total. The zero-order valence-corrected chi connectivity index (χ0v) is 20.7. The van der Waals surface area contributed by atoms with Crippen LogP contribution < -0.4 is 10.9 Å². The summed E-state index contributed by atoms with van der Waals surface area (Å²) in [5.74, 6) is -0.412. The van der Waals surface area contributed by atoms with Gasteiger partial charge in [0.15, 0.2) is 0 Å². The molecule has 1 amide bonds. The highest BCUT2D eigenvalue weighted by atomic mass is 32.1. The van der Waals surface area contributed by atoms with E-state index < -0.39 is 5.97 Å². The van der Waals surface area contributed by atoms with Gasteiger partial charge in [-0.1, -0.05) is 56.3 Å². The van der Waals surface area contributed by atoms with Crippen LogP contribution in [-0.2, 0) is 22.5 Å². The summed E-state index contributed by atoms with van der Waals surface area (Å²) in [5, 5.41) is 3.14. The van der Waals surface area contributed by atoms with Crippen molar-refractivity contribution in [3.05, 3.63) is 92.8 Å². The van der Waals surface area contributed by atoms with E-state index in [0.29, 0.717) is 38.7 Å². The Morgan fingerprint density at radius 2 is 1.80 bits per heavy atom. The molecule has 0 atom stereocenters. The molecule has 0 bridgehead atoms. The van der Waals surface area contributed by atoms with E-state index in [1.54, 1.807) is 6.92 Å². The number of nitrogens with one attached hydrogen (secondary N) is 1. The normalized spacial score (nSPS) is 11.1. The molecule has 1 N–H and O–H groups in total. The summed E-state index contributed by atoms with van der Waals surface area (Å²) in [5.41, 5.74) is 3.07. The van der Waals surface area contributed by atoms with E-state index in [4.69, 9.17) is 4.74 Å². The van der Waals surface area contributed by atoms with E-state index >= 15 is 0 Å². The predicted molar refractivity (Wildman–Crippen MR) is 138 cm³/mol. The largest absolute Gasteiger partial charge is 0.461 e. The van der Waals surface area contributed by atoms with Crippen molar-refractivity contribution in [3.8, 4) is 0 Å². The number of thiophene rings is 1. The first kappa shape index (κ1) is 24.3. The van der Waals surface area contributed by atoms with E-state index in [1.165, 1.54) is 16.5 Å². The smallest absolute Gasteiger partial charge is 0.348 e. The second-order valence-corrected chi connectivity index (χ2v) is 9.61. The summed E-state index contributed by atoms with van der Waals surface area (Å²) in [4.78, 5) is 43.4. The number of benzene rings is 2. The van der Waals surface area contributed by atoms with Gasteiger partial charge in [-0.25, -0.2) is 9.78 Å². The molecule has 0 aliphatic rings. The number of hydrogen-bond donors (Lipinski definition) is 1. The van der Waals surface area contributed by atoms with Crippen LogP contribution in [0.4, 0.5) is 5.69 Å². The highest BCUT2D eigenvalue weighted by Crippen LogP contribution is 2.27. The van der Waals surface area contributed by atoms with Gasteiger partial charge >= 0.3 is 5.97 Å². The molecule has 0 fully saturated rings. The summed E-state index contributed by atoms with van der Waals surface area (Å²) in [7, 11) is 0. The third-order valence-corrected chi connectivity index (χ3v) is 6.92. The third kappa shape index (κ3) is 5.66. The topological polar surface area (TPSA) is 90.3 Å². The number of amides is 1. The van der Waals surface area contributed by atoms with Crippen LogP contribution >= 0.6 is 11.3 Å². The van der Waals surface area contributed by atoms with E-state index in [-0.39, 0.29) is 24.6 Å². The Labute approximate surface area is 207 Å². The van der Waals surface area contributed by atoms with Gasteiger partial charge in [-0.3, -0.25) is 14.2 Å². The monoisotopic (exact) mass is 489 g/mol. The molecule has 180 valence electrons. The molecule has 35 heavy (non-hydrogen) atoms. The molecule has 8 heteroatoms. The van der Waals surface area contributed by atoms with Crippen LogP contribution in [0.3, 0.4) is 0 Å². The number of anilines is 1. The molecule has 4 rings (SSSR count). The van der Waals surface area contributed by atoms with Crippen molar-refractivity contribution in [3.63, 3.8) is 0 Å². The van der Waals surface area contributed by atoms with Crippen LogP contribution in [0.15, 0.2) is 65.7 Å². The number of carbonyl (C=O) groups excluding carboxylic acids is 2. The van der Waals surface area contributed by atoms with Gasteiger partial charge < -0.3 is 10.1 Å². The maximum Gasteiger partial charge on any atom is 0.348 e. The molecule has 0 aliphatic carbocycles. The van der Waals surface area contributed by atoms with Crippen LogP contribution in [-0.4, -0.2) is 28.0 Å². The maximum atomic E-state index is 13.1. The highest BCUT2D eigenvalue weighted by Gasteiger charge is 2.21. The number of carbonyl (C=O) groups is 2. The van der Waals surface area contributed by atoms with E-state index in [2.05, 4.69) is 24.1 Å². The lowest BCUT2D eigenvalue weighted by Gasteiger charge is -2.09. The zero-order valence-electron chi connectivity index (χ0n) is 19.9. The molecule has 4 aromatic rings. The van der Waals surface area contributed by atoms with Crippen LogP contribution in [0.25, 0.3) is 10.2 Å². The molecule has 0 saturated heterocycles. The number of hydrogen-bond acceptors (Lipinski definition) is 6. The molecule has 2 heterocycles. The molecule has 0 unspecified atom stereocenters. The zero-order chi connectivity index (χ0) is 24.9. The number of aryl methyl sites for hydroxylation is 1. The van der Waals surface area contributed by atoms with Crippen LogP contribution in [0.2, 0.25) is 0 Å². The van der Waals surface area contributed by atoms with E-state index in [1.807, 2.05) is 54.6 Å². The molecular formula is C27H27N3O4S. The predicted octanol–water partition coefficient (Wildman–Crippen LogP) is 4.93. The molecule has 0 aliphatic heterocycles.